The van der Waals surface area contributed by atoms with Crippen LogP contribution < -0.4 is 10.4 Å². The van der Waals surface area contributed by atoms with Crippen molar-refractivity contribution in [3.8, 4) is 11.4 Å². The first kappa shape index (κ1) is 21.8. The quantitative estimate of drug-likeness (QED) is 0.682. The summed E-state index contributed by atoms with van der Waals surface area (Å²) >= 11 is 0. The van der Waals surface area contributed by atoms with Gasteiger partial charge in [-0.05, 0) is 96.1 Å². The molecule has 1 aromatic carbocycles. The maximum absolute atomic E-state index is 13.2. The van der Waals surface area contributed by atoms with Gasteiger partial charge in [-0.15, -0.1) is 0 Å². The van der Waals surface area contributed by atoms with Gasteiger partial charge >= 0.3 is 5.69 Å². The molecule has 3 aliphatic rings. The van der Waals surface area contributed by atoms with Crippen LogP contribution in [-0.4, -0.2) is 64.3 Å². The lowest BCUT2D eigenvalue weighted by atomic mass is 9.90. The van der Waals surface area contributed by atoms with E-state index in [9.17, 15) is 4.79 Å². The fourth-order valence-corrected chi connectivity index (χ4v) is 5.97. The number of nitrogens with zero attached hydrogens (tertiary/aromatic N) is 4. The molecule has 0 amide bonds. The topological polar surface area (TPSA) is 42.6 Å². The van der Waals surface area contributed by atoms with Crippen molar-refractivity contribution < 1.29 is 4.74 Å². The van der Waals surface area contributed by atoms with Crippen molar-refractivity contribution in [1.82, 2.24) is 18.9 Å². The van der Waals surface area contributed by atoms with Gasteiger partial charge in [-0.1, -0.05) is 0 Å². The zero-order valence-electron chi connectivity index (χ0n) is 19.7. The van der Waals surface area contributed by atoms with Crippen LogP contribution in [0.3, 0.4) is 0 Å². The molecule has 2 heterocycles. The van der Waals surface area contributed by atoms with Gasteiger partial charge in [0.05, 0.1) is 11.8 Å². The van der Waals surface area contributed by atoms with E-state index in [1.807, 2.05) is 41.2 Å². The van der Waals surface area contributed by atoms with E-state index in [-0.39, 0.29) is 5.69 Å². The molecule has 1 saturated heterocycles. The molecule has 1 aromatic heterocycles. The minimum atomic E-state index is 0.0757. The molecule has 6 heteroatoms. The third kappa shape index (κ3) is 4.53. The lowest BCUT2D eigenvalue weighted by Crippen LogP contribution is -2.40. The fraction of sp³-hybridized carbons (Fsp3) is 0.654. The van der Waals surface area contributed by atoms with E-state index < -0.39 is 0 Å². The minimum absolute atomic E-state index is 0.0757. The Labute approximate surface area is 191 Å². The van der Waals surface area contributed by atoms with Crippen LogP contribution in [0.2, 0.25) is 0 Å². The number of ether oxygens (including phenoxy) is 1. The van der Waals surface area contributed by atoms with Crippen LogP contribution in [0, 0.1) is 0 Å². The molecule has 0 spiro atoms. The first-order valence-electron chi connectivity index (χ1n) is 12.6. The number of hydrogen-bond donors (Lipinski definition) is 0. The summed E-state index contributed by atoms with van der Waals surface area (Å²) in [5, 5.41) is 0. The third-order valence-corrected chi connectivity index (χ3v) is 8.02. The monoisotopic (exact) mass is 438 g/mol. The Kier molecular flexibility index (Phi) is 6.42. The van der Waals surface area contributed by atoms with E-state index >= 15 is 0 Å². The second kappa shape index (κ2) is 9.44. The Morgan fingerprint density at radius 1 is 0.875 bits per heavy atom. The smallest absolute Gasteiger partial charge is 0.332 e. The molecule has 0 bridgehead atoms. The van der Waals surface area contributed by atoms with Gasteiger partial charge in [-0.2, -0.15) is 0 Å². The summed E-state index contributed by atoms with van der Waals surface area (Å²) in [5.74, 6) is 0.907. The van der Waals surface area contributed by atoms with Crippen molar-refractivity contribution in [3.63, 3.8) is 0 Å². The van der Waals surface area contributed by atoms with E-state index in [1.54, 1.807) is 4.57 Å². The number of likely N-dealkylation sites (tertiary alicyclic amines) is 1. The Morgan fingerprint density at radius 3 is 2.22 bits per heavy atom. The van der Waals surface area contributed by atoms with Crippen LogP contribution in [-0.2, 0) is 0 Å². The van der Waals surface area contributed by atoms with Gasteiger partial charge in [0.2, 0.25) is 0 Å². The van der Waals surface area contributed by atoms with Gasteiger partial charge in [0.25, 0.3) is 0 Å². The molecule has 32 heavy (non-hydrogen) atoms. The first-order valence-corrected chi connectivity index (χ1v) is 12.6. The minimum Gasteiger partial charge on any atom is -0.490 e. The van der Waals surface area contributed by atoms with Gasteiger partial charge in [-0.25, -0.2) is 4.79 Å². The van der Waals surface area contributed by atoms with Crippen LogP contribution in [0.1, 0.15) is 63.8 Å². The van der Waals surface area contributed by atoms with Gasteiger partial charge < -0.3 is 9.64 Å². The van der Waals surface area contributed by atoms with E-state index in [2.05, 4.69) is 23.9 Å². The molecule has 1 aliphatic heterocycles. The Balaban J connectivity index is 1.20. The Hall–Kier alpha value is -2.05. The van der Waals surface area contributed by atoms with Gasteiger partial charge in [-0.3, -0.25) is 14.0 Å². The lowest BCUT2D eigenvalue weighted by molar-refractivity contribution is 0.154. The second-order valence-electron chi connectivity index (χ2n) is 10.2. The molecule has 2 aromatic rings. The van der Waals surface area contributed by atoms with Crippen LogP contribution in [0.5, 0.6) is 5.75 Å². The SMILES string of the molecule is CN(C)C1CCN(C2CCC(n3ccn(-c4ccc(OC5CCCC5)cc4)c3=O)CC2)C1. The molecule has 0 N–H and O–H groups in total. The first-order chi connectivity index (χ1) is 15.6. The summed E-state index contributed by atoms with van der Waals surface area (Å²) in [6.07, 6.45) is 14.9. The predicted octanol–water partition coefficient (Wildman–Crippen LogP) is 4.08. The summed E-state index contributed by atoms with van der Waals surface area (Å²) in [6, 6.07) is 9.69. The Morgan fingerprint density at radius 2 is 1.56 bits per heavy atom. The largest absolute Gasteiger partial charge is 0.490 e. The number of likely N-dealkylation sites (N-methyl/N-ethyl adjacent to an activating group) is 1. The molecule has 0 radical (unpaired) electrons. The maximum atomic E-state index is 13.2. The molecular weight excluding hydrogens is 400 g/mol. The number of imidazole rings is 1. The molecule has 2 saturated carbocycles. The van der Waals surface area contributed by atoms with E-state index in [4.69, 9.17) is 4.74 Å². The molecule has 174 valence electrons. The molecule has 1 atom stereocenters. The summed E-state index contributed by atoms with van der Waals surface area (Å²) < 4.78 is 9.80. The molecule has 6 nitrogen and oxygen atoms in total. The molecule has 2 aliphatic carbocycles. The van der Waals surface area contributed by atoms with Crippen molar-refractivity contribution >= 4 is 0 Å². The molecule has 3 fully saturated rings. The number of hydrogen-bond acceptors (Lipinski definition) is 4. The van der Waals surface area contributed by atoms with E-state index in [1.165, 1.54) is 45.2 Å². The van der Waals surface area contributed by atoms with Gasteiger partial charge in [0.1, 0.15) is 5.75 Å². The van der Waals surface area contributed by atoms with E-state index in [0.717, 1.165) is 37.1 Å². The zero-order chi connectivity index (χ0) is 22.1. The summed E-state index contributed by atoms with van der Waals surface area (Å²) in [4.78, 5) is 18.2. The van der Waals surface area contributed by atoms with Crippen molar-refractivity contribution in [3.05, 3.63) is 47.1 Å². The van der Waals surface area contributed by atoms with Crippen LogP contribution in [0.15, 0.2) is 41.5 Å². The molecular formula is C26H38N4O2. The summed E-state index contributed by atoms with van der Waals surface area (Å²) in [5.41, 5.74) is 0.986. The highest BCUT2D eigenvalue weighted by molar-refractivity contribution is 5.37. The normalized spacial score (nSPS) is 27.4. The average molecular weight is 439 g/mol. The van der Waals surface area contributed by atoms with Crippen molar-refractivity contribution in [2.24, 2.45) is 0 Å². The summed E-state index contributed by atoms with van der Waals surface area (Å²) in [7, 11) is 4.39. The van der Waals surface area contributed by atoms with Crippen LogP contribution in [0.4, 0.5) is 0 Å². The fourth-order valence-electron chi connectivity index (χ4n) is 5.97. The van der Waals surface area contributed by atoms with Crippen molar-refractivity contribution in [2.75, 3.05) is 27.2 Å². The predicted molar refractivity (Wildman–Crippen MR) is 128 cm³/mol. The van der Waals surface area contributed by atoms with Crippen LogP contribution >= 0.6 is 0 Å². The van der Waals surface area contributed by atoms with Crippen molar-refractivity contribution in [1.29, 1.82) is 0 Å². The number of aromatic nitrogens is 2. The lowest BCUT2D eigenvalue weighted by Gasteiger charge is -2.35. The zero-order valence-corrected chi connectivity index (χ0v) is 19.7. The summed E-state index contributed by atoms with van der Waals surface area (Å²) in [6.45, 7) is 2.41. The van der Waals surface area contributed by atoms with Crippen LogP contribution in [0.25, 0.3) is 5.69 Å². The van der Waals surface area contributed by atoms with Crippen molar-refractivity contribution in [2.45, 2.75) is 82.0 Å². The van der Waals surface area contributed by atoms with E-state index in [0.29, 0.717) is 24.2 Å². The highest BCUT2D eigenvalue weighted by atomic mass is 16.5. The number of benzene rings is 1. The van der Waals surface area contributed by atoms with Gasteiger partial charge in [0.15, 0.2) is 0 Å². The van der Waals surface area contributed by atoms with Gasteiger partial charge in [0, 0.05) is 43.6 Å². The third-order valence-electron chi connectivity index (χ3n) is 8.02. The average Bonchev–Trinajstić information content (AvgIpc) is 3.56. The second-order valence-corrected chi connectivity index (χ2v) is 10.2. The number of rotatable bonds is 6. The highest BCUT2D eigenvalue weighted by Gasteiger charge is 2.32. The Bertz CT molecular complexity index is 933. The molecule has 1 unspecified atom stereocenters. The molecule has 5 rings (SSSR count). The standard InChI is InChI=1S/C26H38N4O2/c1-27(2)23-15-16-28(19-23)20-7-9-21(10-8-20)29-17-18-30(26(29)31)22-11-13-25(14-12-22)32-24-5-3-4-6-24/h11-14,17-18,20-21,23-24H,3-10,15-16,19H2,1-2H3. The maximum Gasteiger partial charge on any atom is 0.332 e. The highest BCUT2D eigenvalue weighted by Crippen LogP contribution is 2.32.